The molecule has 2 fully saturated rings. The summed E-state index contributed by atoms with van der Waals surface area (Å²) in [6.45, 7) is 14.6. The molecule has 5 heterocycles. The molecule has 0 aromatic carbocycles. The molecule has 1 saturated carbocycles. The van der Waals surface area contributed by atoms with E-state index in [0.29, 0.717) is 18.2 Å². The van der Waals surface area contributed by atoms with Crippen LogP contribution in [-0.4, -0.2) is 86.5 Å². The van der Waals surface area contributed by atoms with E-state index in [1.54, 1.807) is 23.7 Å². The zero-order valence-corrected chi connectivity index (χ0v) is 25.1. The highest BCUT2D eigenvalue weighted by Crippen LogP contribution is 2.46. The van der Waals surface area contributed by atoms with Gasteiger partial charge in [-0.2, -0.15) is 9.78 Å². The van der Waals surface area contributed by atoms with Gasteiger partial charge >= 0.3 is 6.09 Å². The van der Waals surface area contributed by atoms with E-state index in [9.17, 15) is 9.59 Å². The van der Waals surface area contributed by atoms with E-state index in [2.05, 4.69) is 34.1 Å². The maximum atomic E-state index is 13.5. The Hall–Kier alpha value is -3.35. The number of ether oxygens (including phenoxy) is 2. The molecular formula is C29H37N7O4S. The first kappa shape index (κ1) is 27.8. The number of rotatable bonds is 7. The molecular weight excluding hydrogens is 542 g/mol. The fraction of sp³-hybridized carbons (Fsp3) is 0.552. The fourth-order valence-electron chi connectivity index (χ4n) is 5.43. The third-order valence-electron chi connectivity index (χ3n) is 7.67. The average Bonchev–Trinajstić information content (AvgIpc) is 3.44. The number of thiophene rings is 1. The molecule has 3 aliphatic rings. The van der Waals surface area contributed by atoms with E-state index in [1.807, 2.05) is 37.8 Å². The summed E-state index contributed by atoms with van der Waals surface area (Å²) in [7, 11) is 0. The highest BCUT2D eigenvalue weighted by Gasteiger charge is 2.45. The van der Waals surface area contributed by atoms with Gasteiger partial charge in [-0.25, -0.2) is 14.8 Å². The van der Waals surface area contributed by atoms with Gasteiger partial charge in [0.25, 0.3) is 5.91 Å². The summed E-state index contributed by atoms with van der Waals surface area (Å²) in [5, 5.41) is 7.60. The first-order valence-electron chi connectivity index (χ1n) is 14.2. The number of carbonyl (C=O) groups is 2. The van der Waals surface area contributed by atoms with Gasteiger partial charge in [-0.15, -0.1) is 11.3 Å². The lowest BCUT2D eigenvalue weighted by atomic mass is 10.0. The quantitative estimate of drug-likeness (QED) is 0.420. The average molecular weight is 580 g/mol. The molecule has 0 bridgehead atoms. The van der Waals surface area contributed by atoms with Gasteiger partial charge in [0.05, 0.1) is 52.5 Å². The van der Waals surface area contributed by atoms with Crippen LogP contribution in [0.15, 0.2) is 24.5 Å². The lowest BCUT2D eigenvalue weighted by Gasteiger charge is -2.35. The number of amides is 1. The van der Waals surface area contributed by atoms with Crippen molar-refractivity contribution < 1.29 is 19.1 Å². The zero-order valence-electron chi connectivity index (χ0n) is 24.3. The highest BCUT2D eigenvalue weighted by atomic mass is 32.1. The van der Waals surface area contributed by atoms with Crippen molar-refractivity contribution in [2.24, 2.45) is 0 Å². The lowest BCUT2D eigenvalue weighted by molar-refractivity contribution is 0.0263. The zero-order chi connectivity index (χ0) is 28.9. The van der Waals surface area contributed by atoms with E-state index in [-0.39, 0.29) is 11.8 Å². The second-order valence-electron chi connectivity index (χ2n) is 12.3. The summed E-state index contributed by atoms with van der Waals surface area (Å²) >= 11 is 1.61. The van der Waals surface area contributed by atoms with Crippen LogP contribution in [0.4, 0.5) is 16.4 Å². The summed E-state index contributed by atoms with van der Waals surface area (Å²) in [5.74, 6) is 0.701. The van der Waals surface area contributed by atoms with Crippen LogP contribution in [0.2, 0.25) is 0 Å². The first-order valence-corrected chi connectivity index (χ1v) is 15.0. The molecule has 3 aromatic heterocycles. The van der Waals surface area contributed by atoms with Gasteiger partial charge in [-0.3, -0.25) is 9.69 Å². The molecule has 218 valence electrons. The minimum atomic E-state index is -0.619. The normalized spacial score (nSPS) is 19.0. The Morgan fingerprint density at radius 1 is 1.22 bits per heavy atom. The van der Waals surface area contributed by atoms with Gasteiger partial charge in [-0.05, 0) is 59.6 Å². The van der Waals surface area contributed by atoms with Crippen LogP contribution in [0.1, 0.15) is 74.3 Å². The van der Waals surface area contributed by atoms with Crippen LogP contribution in [-0.2, 0) is 15.0 Å². The largest absolute Gasteiger partial charge is 0.442 e. The molecule has 6 rings (SSSR count). The first-order chi connectivity index (χ1) is 19.5. The lowest BCUT2D eigenvalue weighted by Crippen LogP contribution is -2.46. The Kier molecular flexibility index (Phi) is 7.11. The van der Waals surface area contributed by atoms with Crippen molar-refractivity contribution in [3.8, 4) is 10.6 Å². The highest BCUT2D eigenvalue weighted by molar-refractivity contribution is 7.16. The molecule has 3 aromatic rings. The van der Waals surface area contributed by atoms with E-state index in [4.69, 9.17) is 14.5 Å². The van der Waals surface area contributed by atoms with Crippen molar-refractivity contribution in [2.75, 3.05) is 44.7 Å². The summed E-state index contributed by atoms with van der Waals surface area (Å²) in [6.07, 6.45) is 4.80. The van der Waals surface area contributed by atoms with E-state index < -0.39 is 17.2 Å². The second kappa shape index (κ2) is 10.5. The minimum Gasteiger partial charge on any atom is -0.442 e. The van der Waals surface area contributed by atoms with Gasteiger partial charge < -0.3 is 19.7 Å². The summed E-state index contributed by atoms with van der Waals surface area (Å²) in [4.78, 5) is 41.8. The molecule has 0 radical (unpaired) electrons. The Morgan fingerprint density at radius 3 is 2.66 bits per heavy atom. The van der Waals surface area contributed by atoms with Crippen molar-refractivity contribution in [3.05, 3.63) is 40.7 Å². The molecule has 1 amide bonds. The Labute approximate surface area is 243 Å². The van der Waals surface area contributed by atoms with Crippen LogP contribution in [0.5, 0.6) is 0 Å². The van der Waals surface area contributed by atoms with Gasteiger partial charge in [-0.1, -0.05) is 0 Å². The van der Waals surface area contributed by atoms with Crippen molar-refractivity contribution in [1.82, 2.24) is 29.5 Å². The Morgan fingerprint density at radius 2 is 1.98 bits per heavy atom. The number of nitrogens with zero attached hydrogens (tertiary/aromatic N) is 6. The molecule has 1 saturated heterocycles. The summed E-state index contributed by atoms with van der Waals surface area (Å²) in [5.41, 5.74) is 1.94. The molecule has 11 nitrogen and oxygen atoms in total. The van der Waals surface area contributed by atoms with E-state index >= 15 is 0 Å². The fourth-order valence-corrected chi connectivity index (χ4v) is 6.66. The molecule has 2 aliphatic heterocycles. The van der Waals surface area contributed by atoms with E-state index in [1.165, 1.54) is 4.68 Å². The Bertz CT molecular complexity index is 1460. The standard InChI is InChI=1S/C29H37N7O4S/c1-28(2,3)40-27(38)36-23(18-6-7-18)21(17-31-36)33-26-30-9-8-20(32-26)22-16-19-24(41-22)29(4,5)35(25(19)37)11-10-34-12-14-39-15-13-34/h8-9,16-18H,6-7,10-15H2,1-5H3,(H,30,32,33). The predicted octanol–water partition coefficient (Wildman–Crippen LogP) is 4.83. The number of hydrogen-bond acceptors (Lipinski definition) is 10. The number of fused-ring (bicyclic) bond motifs is 1. The third kappa shape index (κ3) is 5.60. The molecule has 1 aliphatic carbocycles. The van der Waals surface area contributed by atoms with Gasteiger partial charge in [0.15, 0.2) is 0 Å². The maximum Gasteiger partial charge on any atom is 0.435 e. The number of morpholine rings is 1. The SMILES string of the molecule is CC(C)(C)OC(=O)n1ncc(Nc2nccc(-c3cc4c(s3)C(C)(C)N(CCN3CCOCC3)C4=O)n2)c1C1CC1. The monoisotopic (exact) mass is 579 g/mol. The van der Waals surface area contributed by atoms with Gasteiger partial charge in [0.2, 0.25) is 5.95 Å². The predicted molar refractivity (Wildman–Crippen MR) is 156 cm³/mol. The maximum absolute atomic E-state index is 13.5. The smallest absolute Gasteiger partial charge is 0.435 e. The Balaban J connectivity index is 1.20. The minimum absolute atomic E-state index is 0.0665. The van der Waals surface area contributed by atoms with E-state index in [0.717, 1.165) is 72.4 Å². The van der Waals surface area contributed by atoms with Crippen LogP contribution in [0, 0.1) is 0 Å². The van der Waals surface area contributed by atoms with Gasteiger partial charge in [0.1, 0.15) is 5.60 Å². The molecule has 0 unspecified atom stereocenters. The molecule has 0 atom stereocenters. The van der Waals surface area contributed by atoms with Crippen molar-refractivity contribution >= 4 is 35.0 Å². The van der Waals surface area contributed by atoms with Gasteiger partial charge in [0, 0.05) is 43.2 Å². The summed E-state index contributed by atoms with van der Waals surface area (Å²) < 4.78 is 12.4. The number of aromatic nitrogens is 4. The number of nitrogens with one attached hydrogen (secondary N) is 1. The van der Waals surface area contributed by atoms with Crippen LogP contribution >= 0.6 is 11.3 Å². The molecule has 1 N–H and O–H groups in total. The third-order valence-corrected chi connectivity index (χ3v) is 9.14. The molecule has 12 heteroatoms. The molecule has 0 spiro atoms. The number of anilines is 2. The topological polar surface area (TPSA) is 115 Å². The molecule has 41 heavy (non-hydrogen) atoms. The van der Waals surface area contributed by atoms with Crippen molar-refractivity contribution in [2.45, 2.75) is 64.5 Å². The van der Waals surface area contributed by atoms with Crippen molar-refractivity contribution in [1.29, 1.82) is 0 Å². The van der Waals surface area contributed by atoms with Crippen LogP contribution < -0.4 is 5.32 Å². The number of carbonyl (C=O) groups excluding carboxylic acids is 2. The summed E-state index contributed by atoms with van der Waals surface area (Å²) in [6, 6.07) is 3.81. The van der Waals surface area contributed by atoms with Crippen LogP contribution in [0.3, 0.4) is 0 Å². The van der Waals surface area contributed by atoms with Crippen LogP contribution in [0.25, 0.3) is 10.6 Å². The number of hydrogen-bond donors (Lipinski definition) is 1. The van der Waals surface area contributed by atoms with Crippen molar-refractivity contribution in [3.63, 3.8) is 0 Å². The second-order valence-corrected chi connectivity index (χ2v) is 13.4.